The summed E-state index contributed by atoms with van der Waals surface area (Å²) in [7, 11) is 0. The molecule has 1 unspecified atom stereocenters. The normalized spacial score (nSPS) is 12.4. The Kier molecular flexibility index (Phi) is 3.49. The maximum atomic E-state index is 6.07. The molecule has 1 heterocycles. The number of halogens is 1. The molecule has 16 heavy (non-hydrogen) atoms. The van der Waals surface area contributed by atoms with Crippen LogP contribution in [0.4, 0.5) is 0 Å². The third-order valence-corrected chi connectivity index (χ3v) is 2.75. The van der Waals surface area contributed by atoms with Crippen molar-refractivity contribution in [3.05, 3.63) is 59.1 Å². The molecule has 0 amide bonds. The molecule has 1 aromatic heterocycles. The molecule has 1 aromatic carbocycles. The van der Waals surface area contributed by atoms with Gasteiger partial charge in [0.2, 0.25) is 0 Å². The number of nitrogens with zero attached hydrogens (tertiary/aromatic N) is 2. The molecule has 0 bridgehead atoms. The fourth-order valence-electron chi connectivity index (χ4n) is 1.53. The summed E-state index contributed by atoms with van der Waals surface area (Å²) in [4.78, 5) is 7.98. The zero-order chi connectivity index (χ0) is 11.4. The van der Waals surface area contributed by atoms with Gasteiger partial charge in [-0.05, 0) is 24.1 Å². The van der Waals surface area contributed by atoms with Gasteiger partial charge in [0.15, 0.2) is 0 Å². The molecular weight excluding hydrogens is 222 g/mol. The maximum absolute atomic E-state index is 6.07. The van der Waals surface area contributed by atoms with Gasteiger partial charge >= 0.3 is 0 Å². The van der Waals surface area contributed by atoms with Gasteiger partial charge in [-0.25, -0.2) is 9.97 Å². The molecule has 0 aliphatic carbocycles. The van der Waals surface area contributed by atoms with E-state index >= 15 is 0 Å². The molecule has 0 aliphatic rings. The van der Waals surface area contributed by atoms with E-state index in [0.717, 1.165) is 16.3 Å². The smallest absolute Gasteiger partial charge is 0.115 e. The van der Waals surface area contributed by atoms with Gasteiger partial charge < -0.3 is 5.73 Å². The zero-order valence-corrected chi connectivity index (χ0v) is 9.43. The van der Waals surface area contributed by atoms with E-state index in [4.69, 9.17) is 17.3 Å². The molecule has 2 rings (SSSR count). The minimum absolute atomic E-state index is 0.150. The molecular formula is C12H12ClN3. The van der Waals surface area contributed by atoms with Gasteiger partial charge in [-0.2, -0.15) is 0 Å². The van der Waals surface area contributed by atoms with Crippen molar-refractivity contribution in [2.24, 2.45) is 5.73 Å². The molecule has 1 atom stereocenters. The van der Waals surface area contributed by atoms with Crippen molar-refractivity contribution in [1.29, 1.82) is 0 Å². The molecule has 0 spiro atoms. The molecule has 0 saturated carbocycles. The van der Waals surface area contributed by atoms with E-state index in [2.05, 4.69) is 9.97 Å². The monoisotopic (exact) mass is 233 g/mol. The van der Waals surface area contributed by atoms with Crippen molar-refractivity contribution in [3.63, 3.8) is 0 Å². The minimum atomic E-state index is -0.150. The Hall–Kier alpha value is -1.45. The van der Waals surface area contributed by atoms with E-state index in [0.29, 0.717) is 6.42 Å². The van der Waals surface area contributed by atoms with E-state index in [1.54, 1.807) is 6.20 Å². The highest BCUT2D eigenvalue weighted by Crippen LogP contribution is 2.20. The fourth-order valence-corrected chi connectivity index (χ4v) is 1.74. The van der Waals surface area contributed by atoms with E-state index in [1.165, 1.54) is 6.33 Å². The molecule has 82 valence electrons. The second kappa shape index (κ2) is 5.05. The third-order valence-electron chi connectivity index (χ3n) is 2.38. The first-order chi connectivity index (χ1) is 7.77. The topological polar surface area (TPSA) is 51.8 Å². The van der Waals surface area contributed by atoms with Crippen LogP contribution in [0.1, 0.15) is 17.3 Å². The molecule has 3 nitrogen and oxygen atoms in total. The molecule has 0 saturated heterocycles. The van der Waals surface area contributed by atoms with Gasteiger partial charge in [0.05, 0.1) is 11.7 Å². The zero-order valence-electron chi connectivity index (χ0n) is 8.68. The van der Waals surface area contributed by atoms with Crippen molar-refractivity contribution >= 4 is 11.6 Å². The molecule has 2 aromatic rings. The Morgan fingerprint density at radius 3 is 2.75 bits per heavy atom. The Bertz CT molecular complexity index is 459. The molecule has 0 aliphatic heterocycles. The lowest BCUT2D eigenvalue weighted by Crippen LogP contribution is -2.15. The summed E-state index contributed by atoms with van der Waals surface area (Å²) in [6.45, 7) is 0. The summed E-state index contributed by atoms with van der Waals surface area (Å²) in [6, 6.07) is 9.37. The van der Waals surface area contributed by atoms with Crippen LogP contribution in [-0.4, -0.2) is 9.97 Å². The van der Waals surface area contributed by atoms with Crippen LogP contribution < -0.4 is 5.73 Å². The second-order valence-corrected chi connectivity index (χ2v) is 3.94. The maximum Gasteiger partial charge on any atom is 0.115 e. The highest BCUT2D eigenvalue weighted by molar-refractivity contribution is 6.31. The lowest BCUT2D eigenvalue weighted by atomic mass is 10.0. The van der Waals surface area contributed by atoms with Crippen molar-refractivity contribution in [2.45, 2.75) is 12.5 Å². The van der Waals surface area contributed by atoms with Gasteiger partial charge in [-0.1, -0.05) is 29.8 Å². The van der Waals surface area contributed by atoms with Gasteiger partial charge in [0.25, 0.3) is 0 Å². The summed E-state index contributed by atoms with van der Waals surface area (Å²) >= 11 is 6.07. The number of nitrogens with two attached hydrogens (primary N) is 1. The molecule has 0 fully saturated rings. The summed E-state index contributed by atoms with van der Waals surface area (Å²) < 4.78 is 0. The van der Waals surface area contributed by atoms with Crippen molar-refractivity contribution in [1.82, 2.24) is 9.97 Å². The van der Waals surface area contributed by atoms with Crippen molar-refractivity contribution in [2.75, 3.05) is 0 Å². The first kappa shape index (κ1) is 11.0. The van der Waals surface area contributed by atoms with Crippen molar-refractivity contribution < 1.29 is 0 Å². The molecule has 0 radical (unpaired) electrons. The number of rotatable bonds is 3. The average Bonchev–Trinajstić information content (AvgIpc) is 2.33. The Morgan fingerprint density at radius 1 is 1.25 bits per heavy atom. The number of benzene rings is 1. The van der Waals surface area contributed by atoms with Crippen molar-refractivity contribution in [3.8, 4) is 0 Å². The highest BCUT2D eigenvalue weighted by Gasteiger charge is 2.09. The van der Waals surface area contributed by atoms with Crippen LogP contribution in [-0.2, 0) is 6.42 Å². The summed E-state index contributed by atoms with van der Waals surface area (Å²) in [5.74, 6) is 0. The SMILES string of the molecule is NC(Cc1ccccc1Cl)c1ccncn1. The lowest BCUT2D eigenvalue weighted by Gasteiger charge is -2.11. The van der Waals surface area contributed by atoms with E-state index in [-0.39, 0.29) is 6.04 Å². The number of hydrogen-bond donors (Lipinski definition) is 1. The minimum Gasteiger partial charge on any atom is -0.322 e. The van der Waals surface area contributed by atoms with Gasteiger partial charge in [0.1, 0.15) is 6.33 Å². The predicted octanol–water partition coefficient (Wildman–Crippen LogP) is 2.37. The number of hydrogen-bond acceptors (Lipinski definition) is 3. The summed E-state index contributed by atoms with van der Waals surface area (Å²) in [5.41, 5.74) is 7.91. The molecule has 4 heteroatoms. The van der Waals surface area contributed by atoms with Crippen LogP contribution >= 0.6 is 11.6 Å². The fraction of sp³-hybridized carbons (Fsp3) is 0.167. The standard InChI is InChI=1S/C12H12ClN3/c13-10-4-2-1-3-9(10)7-11(14)12-5-6-15-8-16-12/h1-6,8,11H,7,14H2. The van der Waals surface area contributed by atoms with Crippen LogP contribution in [0.3, 0.4) is 0 Å². The van der Waals surface area contributed by atoms with Gasteiger partial charge in [-0.3, -0.25) is 0 Å². The van der Waals surface area contributed by atoms with Crippen LogP contribution in [0, 0.1) is 0 Å². The van der Waals surface area contributed by atoms with Crippen LogP contribution in [0.15, 0.2) is 42.9 Å². The van der Waals surface area contributed by atoms with Gasteiger partial charge in [-0.15, -0.1) is 0 Å². The van der Waals surface area contributed by atoms with Gasteiger partial charge in [0, 0.05) is 11.2 Å². The summed E-state index contributed by atoms with van der Waals surface area (Å²) in [6.07, 6.45) is 3.87. The first-order valence-corrected chi connectivity index (χ1v) is 5.40. The van der Waals surface area contributed by atoms with Crippen LogP contribution in [0.5, 0.6) is 0 Å². The highest BCUT2D eigenvalue weighted by atomic mass is 35.5. The van der Waals surface area contributed by atoms with Crippen LogP contribution in [0.25, 0.3) is 0 Å². The van der Waals surface area contributed by atoms with Crippen LogP contribution in [0.2, 0.25) is 5.02 Å². The average molecular weight is 234 g/mol. The Balaban J connectivity index is 2.14. The van der Waals surface area contributed by atoms with E-state index in [9.17, 15) is 0 Å². The van der Waals surface area contributed by atoms with E-state index < -0.39 is 0 Å². The molecule has 2 N–H and O–H groups in total. The summed E-state index contributed by atoms with van der Waals surface area (Å²) in [5, 5.41) is 0.743. The Labute approximate surface area is 99.3 Å². The first-order valence-electron chi connectivity index (χ1n) is 5.02. The van der Waals surface area contributed by atoms with E-state index in [1.807, 2.05) is 30.3 Å². The third kappa shape index (κ3) is 2.56. The Morgan fingerprint density at radius 2 is 2.06 bits per heavy atom. The lowest BCUT2D eigenvalue weighted by molar-refractivity contribution is 0.693. The quantitative estimate of drug-likeness (QED) is 0.886. The predicted molar refractivity (Wildman–Crippen MR) is 64.1 cm³/mol. The second-order valence-electron chi connectivity index (χ2n) is 3.54. The largest absolute Gasteiger partial charge is 0.322 e. The number of aromatic nitrogens is 2.